The van der Waals surface area contributed by atoms with Crippen LogP contribution in [0.15, 0.2) is 94.8 Å². The summed E-state index contributed by atoms with van der Waals surface area (Å²) < 4.78 is 0. The predicted molar refractivity (Wildman–Crippen MR) is 119 cm³/mol. The smallest absolute Gasteiger partial charge is 0.264 e. The van der Waals surface area contributed by atoms with Gasteiger partial charge < -0.3 is 5.32 Å². The van der Waals surface area contributed by atoms with Crippen LogP contribution >= 0.6 is 11.8 Å². The molecule has 0 aliphatic carbocycles. The van der Waals surface area contributed by atoms with Crippen LogP contribution in [0.2, 0.25) is 0 Å². The standard InChI is InChI=1S/C24H16N2OS/c27-23-22(28-24(26-23)25-18-10-2-1-3-11-18)15-21-19-12-6-4-8-16(19)14-17-9-5-7-13-20(17)21/h1-15H,(H,25,26,27)/b22-15-. The summed E-state index contributed by atoms with van der Waals surface area (Å²) in [6, 6.07) is 28.4. The van der Waals surface area contributed by atoms with Crippen molar-refractivity contribution in [3.63, 3.8) is 0 Å². The average Bonchev–Trinajstić information content (AvgIpc) is 3.07. The van der Waals surface area contributed by atoms with Crippen molar-refractivity contribution < 1.29 is 4.79 Å². The number of fused-ring (bicyclic) bond motifs is 2. The molecule has 134 valence electrons. The Bertz CT molecular complexity index is 1220. The first-order valence-corrected chi connectivity index (χ1v) is 9.85. The van der Waals surface area contributed by atoms with E-state index >= 15 is 0 Å². The number of carbonyl (C=O) groups excluding carboxylic acids is 1. The van der Waals surface area contributed by atoms with Gasteiger partial charge in [0.2, 0.25) is 0 Å². The lowest BCUT2D eigenvalue weighted by Crippen LogP contribution is -2.19. The molecule has 1 fully saturated rings. The van der Waals surface area contributed by atoms with Gasteiger partial charge >= 0.3 is 0 Å². The molecule has 3 nitrogen and oxygen atoms in total. The molecular formula is C24H16N2OS. The van der Waals surface area contributed by atoms with E-state index in [9.17, 15) is 4.79 Å². The van der Waals surface area contributed by atoms with Crippen molar-refractivity contribution in [2.75, 3.05) is 0 Å². The molecule has 28 heavy (non-hydrogen) atoms. The number of rotatable bonds is 2. The predicted octanol–water partition coefficient (Wildman–Crippen LogP) is 5.88. The number of nitrogens with one attached hydrogen (secondary N) is 1. The van der Waals surface area contributed by atoms with Crippen molar-refractivity contribution in [2.24, 2.45) is 4.99 Å². The van der Waals surface area contributed by atoms with Gasteiger partial charge in [0.25, 0.3) is 5.91 Å². The summed E-state index contributed by atoms with van der Waals surface area (Å²) in [7, 11) is 0. The lowest BCUT2D eigenvalue weighted by molar-refractivity contribution is -0.115. The number of aliphatic imine (C=N–C) groups is 1. The maximum absolute atomic E-state index is 12.6. The van der Waals surface area contributed by atoms with E-state index in [-0.39, 0.29) is 5.91 Å². The summed E-state index contributed by atoms with van der Waals surface area (Å²) in [5.74, 6) is -0.114. The Morgan fingerprint density at radius 1 is 0.786 bits per heavy atom. The summed E-state index contributed by atoms with van der Waals surface area (Å²) in [6.07, 6.45) is 1.98. The Hall–Kier alpha value is -3.37. The Labute approximate surface area is 166 Å². The highest BCUT2D eigenvalue weighted by atomic mass is 32.2. The first-order chi connectivity index (χ1) is 13.8. The molecule has 1 heterocycles. The number of hydrogen-bond donors (Lipinski definition) is 1. The molecule has 0 atom stereocenters. The van der Waals surface area contributed by atoms with Crippen molar-refractivity contribution in [2.45, 2.75) is 0 Å². The third-order valence-corrected chi connectivity index (χ3v) is 5.64. The van der Waals surface area contributed by atoms with E-state index in [4.69, 9.17) is 0 Å². The molecule has 4 aromatic rings. The molecule has 1 saturated heterocycles. The highest BCUT2D eigenvalue weighted by molar-refractivity contribution is 8.18. The summed E-state index contributed by atoms with van der Waals surface area (Å²) in [5, 5.41) is 8.07. The Morgan fingerprint density at radius 2 is 1.39 bits per heavy atom. The summed E-state index contributed by atoms with van der Waals surface area (Å²) in [5.41, 5.74) is 1.88. The zero-order valence-corrected chi connectivity index (χ0v) is 15.7. The SMILES string of the molecule is O=C1NC(=Nc2ccccc2)S/C1=C\c1c2ccccc2cc2ccccc12. The second kappa shape index (κ2) is 6.98. The van der Waals surface area contributed by atoms with Crippen LogP contribution < -0.4 is 5.32 Å². The quantitative estimate of drug-likeness (QED) is 0.348. The minimum absolute atomic E-state index is 0.114. The van der Waals surface area contributed by atoms with E-state index in [2.05, 4.69) is 40.6 Å². The van der Waals surface area contributed by atoms with Gasteiger partial charge in [-0.1, -0.05) is 66.7 Å². The zero-order chi connectivity index (χ0) is 18.9. The molecule has 0 unspecified atom stereocenters. The maximum atomic E-state index is 12.6. The summed E-state index contributed by atoms with van der Waals surface area (Å²) in [4.78, 5) is 17.8. The molecule has 0 spiro atoms. The van der Waals surface area contributed by atoms with E-state index in [1.54, 1.807) is 0 Å². The fraction of sp³-hybridized carbons (Fsp3) is 0. The van der Waals surface area contributed by atoms with Gasteiger partial charge in [-0.05, 0) is 63.1 Å². The van der Waals surface area contributed by atoms with Crippen LogP contribution in [-0.2, 0) is 4.79 Å². The second-order valence-electron chi connectivity index (χ2n) is 6.55. The highest BCUT2D eigenvalue weighted by Crippen LogP contribution is 2.34. The molecule has 4 aromatic carbocycles. The third-order valence-electron chi connectivity index (χ3n) is 4.73. The zero-order valence-electron chi connectivity index (χ0n) is 14.9. The van der Waals surface area contributed by atoms with Crippen molar-refractivity contribution in [1.82, 2.24) is 5.32 Å². The molecule has 0 saturated carbocycles. The van der Waals surface area contributed by atoms with Gasteiger partial charge in [-0.3, -0.25) is 4.79 Å². The number of benzene rings is 4. The molecule has 0 bridgehead atoms. The van der Waals surface area contributed by atoms with Gasteiger partial charge in [-0.2, -0.15) is 0 Å². The number of thioether (sulfide) groups is 1. The van der Waals surface area contributed by atoms with Gasteiger partial charge in [-0.15, -0.1) is 0 Å². The molecule has 0 radical (unpaired) electrons. The van der Waals surface area contributed by atoms with Crippen LogP contribution in [0.3, 0.4) is 0 Å². The van der Waals surface area contributed by atoms with Gasteiger partial charge in [0.1, 0.15) is 0 Å². The Balaban J connectivity index is 1.63. The van der Waals surface area contributed by atoms with Crippen molar-refractivity contribution in [3.05, 3.63) is 95.4 Å². The molecule has 4 heteroatoms. The van der Waals surface area contributed by atoms with E-state index in [1.807, 2.05) is 60.7 Å². The molecule has 0 aromatic heterocycles. The summed E-state index contributed by atoms with van der Waals surface area (Å²) in [6.45, 7) is 0. The van der Waals surface area contributed by atoms with Crippen molar-refractivity contribution >= 4 is 56.1 Å². The van der Waals surface area contributed by atoms with Crippen LogP contribution in [0.5, 0.6) is 0 Å². The lowest BCUT2D eigenvalue weighted by Gasteiger charge is -2.08. The lowest BCUT2D eigenvalue weighted by atomic mass is 9.96. The molecule has 1 amide bonds. The van der Waals surface area contributed by atoms with E-state index in [0.29, 0.717) is 10.1 Å². The van der Waals surface area contributed by atoms with Gasteiger partial charge in [0.15, 0.2) is 5.17 Å². The number of hydrogen-bond acceptors (Lipinski definition) is 3. The number of carbonyl (C=O) groups is 1. The largest absolute Gasteiger partial charge is 0.300 e. The third kappa shape index (κ3) is 3.08. The van der Waals surface area contributed by atoms with E-state index in [1.165, 1.54) is 11.8 Å². The fourth-order valence-corrected chi connectivity index (χ4v) is 4.26. The van der Waals surface area contributed by atoms with Crippen LogP contribution in [0.25, 0.3) is 27.6 Å². The van der Waals surface area contributed by atoms with E-state index in [0.717, 1.165) is 32.8 Å². The summed E-state index contributed by atoms with van der Waals surface area (Å²) >= 11 is 1.38. The minimum atomic E-state index is -0.114. The number of para-hydroxylation sites is 1. The second-order valence-corrected chi connectivity index (χ2v) is 7.58. The first kappa shape index (κ1) is 16.8. The van der Waals surface area contributed by atoms with Crippen LogP contribution in [-0.4, -0.2) is 11.1 Å². The van der Waals surface area contributed by atoms with Gasteiger partial charge in [0.05, 0.1) is 10.6 Å². The highest BCUT2D eigenvalue weighted by Gasteiger charge is 2.24. The normalized spacial score (nSPS) is 16.9. The number of nitrogens with zero attached hydrogens (tertiary/aromatic N) is 1. The average molecular weight is 380 g/mol. The number of amides is 1. The first-order valence-electron chi connectivity index (χ1n) is 9.03. The number of amidine groups is 1. The Kier molecular flexibility index (Phi) is 4.18. The molecule has 1 aliphatic rings. The van der Waals surface area contributed by atoms with Crippen molar-refractivity contribution in [1.29, 1.82) is 0 Å². The maximum Gasteiger partial charge on any atom is 0.264 e. The molecule has 1 aliphatic heterocycles. The molecular weight excluding hydrogens is 364 g/mol. The molecule has 5 rings (SSSR count). The van der Waals surface area contributed by atoms with Crippen LogP contribution in [0.1, 0.15) is 5.56 Å². The monoisotopic (exact) mass is 380 g/mol. The van der Waals surface area contributed by atoms with E-state index < -0.39 is 0 Å². The van der Waals surface area contributed by atoms with Crippen LogP contribution in [0, 0.1) is 0 Å². The minimum Gasteiger partial charge on any atom is -0.300 e. The van der Waals surface area contributed by atoms with Gasteiger partial charge in [0, 0.05) is 0 Å². The topological polar surface area (TPSA) is 41.5 Å². The van der Waals surface area contributed by atoms with Crippen molar-refractivity contribution in [3.8, 4) is 0 Å². The Morgan fingerprint density at radius 3 is 2.07 bits per heavy atom. The molecule has 1 N–H and O–H groups in total. The van der Waals surface area contributed by atoms with Crippen LogP contribution in [0.4, 0.5) is 5.69 Å². The van der Waals surface area contributed by atoms with Gasteiger partial charge in [-0.25, -0.2) is 4.99 Å². The fourth-order valence-electron chi connectivity index (χ4n) is 3.44.